The lowest BCUT2D eigenvalue weighted by atomic mass is 10.2. The van der Waals surface area contributed by atoms with Gasteiger partial charge < -0.3 is 0 Å². The summed E-state index contributed by atoms with van der Waals surface area (Å²) in [6.45, 7) is 5.03. The van der Waals surface area contributed by atoms with Crippen molar-refractivity contribution < 1.29 is 4.79 Å². The molecule has 0 radical (unpaired) electrons. The van der Waals surface area contributed by atoms with Gasteiger partial charge in [0.05, 0.1) is 23.3 Å². The van der Waals surface area contributed by atoms with Crippen molar-refractivity contribution in [2.45, 2.75) is 20.3 Å². The fourth-order valence-corrected chi connectivity index (χ4v) is 2.56. The van der Waals surface area contributed by atoms with Crippen molar-refractivity contribution in [3.05, 3.63) is 59.7 Å². The molecule has 0 N–H and O–H groups in total. The molecule has 2 aromatic carbocycles. The lowest BCUT2D eigenvalue weighted by Crippen LogP contribution is -2.44. The third-order valence-corrected chi connectivity index (χ3v) is 3.84. The van der Waals surface area contributed by atoms with Crippen LogP contribution < -0.4 is 9.80 Å². The van der Waals surface area contributed by atoms with Crippen LogP contribution in [0.3, 0.4) is 0 Å². The Labute approximate surface area is 148 Å². The van der Waals surface area contributed by atoms with Gasteiger partial charge in [0.25, 0.3) is 0 Å². The molecule has 0 aliphatic carbocycles. The van der Waals surface area contributed by atoms with Gasteiger partial charge >= 0.3 is 6.03 Å². The number of rotatable bonds is 5. The van der Waals surface area contributed by atoms with Crippen LogP contribution in [0.2, 0.25) is 0 Å². The van der Waals surface area contributed by atoms with E-state index in [1.54, 1.807) is 58.3 Å². The highest BCUT2D eigenvalue weighted by molar-refractivity contribution is 6.03. The predicted octanol–water partition coefficient (Wildman–Crippen LogP) is 4.29. The van der Waals surface area contributed by atoms with Crippen molar-refractivity contribution in [2.24, 2.45) is 0 Å². The van der Waals surface area contributed by atoms with E-state index in [0.717, 1.165) is 17.8 Å². The van der Waals surface area contributed by atoms with Crippen molar-refractivity contribution in [2.75, 3.05) is 22.9 Å². The number of amides is 2. The molecule has 0 spiro atoms. The zero-order valence-corrected chi connectivity index (χ0v) is 14.4. The van der Waals surface area contributed by atoms with Gasteiger partial charge in [-0.25, -0.2) is 4.79 Å². The van der Waals surface area contributed by atoms with Crippen LogP contribution in [0.4, 0.5) is 16.2 Å². The minimum absolute atomic E-state index is 0.126. The largest absolute Gasteiger partial charge is 0.328 e. The van der Waals surface area contributed by atoms with E-state index in [2.05, 4.69) is 12.1 Å². The van der Waals surface area contributed by atoms with Crippen molar-refractivity contribution in [1.82, 2.24) is 0 Å². The first-order chi connectivity index (χ1) is 12.1. The summed E-state index contributed by atoms with van der Waals surface area (Å²) in [5.74, 6) is 0. The minimum atomic E-state index is -0.126. The Morgan fingerprint density at radius 2 is 1.28 bits per heavy atom. The molecule has 25 heavy (non-hydrogen) atoms. The van der Waals surface area contributed by atoms with Gasteiger partial charge in [0.1, 0.15) is 0 Å². The second-order valence-electron chi connectivity index (χ2n) is 5.50. The molecule has 0 aromatic heterocycles. The fraction of sp³-hybridized carbons (Fsp3) is 0.250. The third kappa shape index (κ3) is 4.16. The molecule has 0 atom stereocenters. The first kappa shape index (κ1) is 18.0. The Balaban J connectivity index is 2.32. The van der Waals surface area contributed by atoms with E-state index in [0.29, 0.717) is 24.2 Å². The highest BCUT2D eigenvalue weighted by Gasteiger charge is 2.22. The van der Waals surface area contributed by atoms with Crippen molar-refractivity contribution in [3.63, 3.8) is 0 Å². The summed E-state index contributed by atoms with van der Waals surface area (Å²) in [5, 5.41) is 17.9. The topological polar surface area (TPSA) is 71.1 Å². The summed E-state index contributed by atoms with van der Waals surface area (Å²) in [7, 11) is 0. The average molecular weight is 332 g/mol. The molecule has 0 saturated carbocycles. The molecule has 0 saturated heterocycles. The Morgan fingerprint density at radius 1 is 0.840 bits per heavy atom. The quantitative estimate of drug-likeness (QED) is 0.820. The molecule has 0 bridgehead atoms. The van der Waals surface area contributed by atoms with Gasteiger partial charge in [0.15, 0.2) is 0 Å². The second kappa shape index (κ2) is 8.52. The van der Waals surface area contributed by atoms with Crippen LogP contribution in [0.25, 0.3) is 0 Å². The van der Waals surface area contributed by atoms with E-state index in [1.165, 1.54) is 0 Å². The smallest absolute Gasteiger partial charge is 0.294 e. The molecule has 2 rings (SSSR count). The normalized spacial score (nSPS) is 9.76. The van der Waals surface area contributed by atoms with Crippen LogP contribution in [0.1, 0.15) is 31.4 Å². The second-order valence-corrected chi connectivity index (χ2v) is 5.50. The molecule has 2 aromatic rings. The van der Waals surface area contributed by atoms with Gasteiger partial charge in [-0.05, 0) is 61.9 Å². The summed E-state index contributed by atoms with van der Waals surface area (Å²) < 4.78 is 0. The Kier molecular flexibility index (Phi) is 6.14. The summed E-state index contributed by atoms with van der Waals surface area (Å²) in [6, 6.07) is 18.0. The molecule has 0 fully saturated rings. The number of hydrogen-bond donors (Lipinski definition) is 0. The van der Waals surface area contributed by atoms with Gasteiger partial charge in [-0.15, -0.1) is 0 Å². The zero-order valence-electron chi connectivity index (χ0n) is 14.4. The SMILES string of the molecule is CCCN(C(=O)N(CC)c1ccc(C#N)cc1)c1ccc(C#N)cc1. The molecule has 2 amide bonds. The number of anilines is 2. The molecular formula is C20H20N4O. The van der Waals surface area contributed by atoms with Crippen LogP contribution in [0.15, 0.2) is 48.5 Å². The average Bonchev–Trinajstić information content (AvgIpc) is 2.67. The standard InChI is InChI=1S/C20H20N4O/c1-3-13-24(19-11-7-17(15-22)8-12-19)20(25)23(4-2)18-9-5-16(14-21)6-10-18/h5-12H,3-4,13H2,1-2H3. The molecule has 0 heterocycles. The first-order valence-corrected chi connectivity index (χ1v) is 8.24. The van der Waals surface area contributed by atoms with Gasteiger partial charge in [-0.1, -0.05) is 6.92 Å². The highest BCUT2D eigenvalue weighted by atomic mass is 16.2. The summed E-state index contributed by atoms with van der Waals surface area (Å²) in [6.07, 6.45) is 0.816. The Hall–Kier alpha value is -3.31. The summed E-state index contributed by atoms with van der Waals surface area (Å²) >= 11 is 0. The number of urea groups is 1. The van der Waals surface area contributed by atoms with Crippen LogP contribution >= 0.6 is 0 Å². The third-order valence-electron chi connectivity index (χ3n) is 3.84. The molecular weight excluding hydrogens is 312 g/mol. The van der Waals surface area contributed by atoms with E-state index in [9.17, 15) is 4.79 Å². The molecule has 0 unspecified atom stereocenters. The van der Waals surface area contributed by atoms with E-state index >= 15 is 0 Å². The number of hydrogen-bond acceptors (Lipinski definition) is 3. The van der Waals surface area contributed by atoms with Crippen LogP contribution in [0.5, 0.6) is 0 Å². The fourth-order valence-electron chi connectivity index (χ4n) is 2.56. The lowest BCUT2D eigenvalue weighted by molar-refractivity contribution is 0.251. The number of carbonyl (C=O) groups is 1. The summed E-state index contributed by atoms with van der Waals surface area (Å²) in [4.78, 5) is 16.5. The monoisotopic (exact) mass is 332 g/mol. The van der Waals surface area contributed by atoms with Crippen LogP contribution in [-0.2, 0) is 0 Å². The van der Waals surface area contributed by atoms with E-state index in [4.69, 9.17) is 10.5 Å². The predicted molar refractivity (Wildman–Crippen MR) is 98.4 cm³/mol. The lowest BCUT2D eigenvalue weighted by Gasteiger charge is -2.30. The molecule has 5 heteroatoms. The maximum atomic E-state index is 13.1. The molecule has 0 aliphatic heterocycles. The van der Waals surface area contributed by atoms with Crippen molar-refractivity contribution >= 4 is 17.4 Å². The number of carbonyl (C=O) groups excluding carboxylic acids is 1. The molecule has 0 aliphatic rings. The first-order valence-electron chi connectivity index (χ1n) is 8.24. The van der Waals surface area contributed by atoms with Gasteiger partial charge in [-0.3, -0.25) is 9.80 Å². The maximum absolute atomic E-state index is 13.1. The Morgan fingerprint density at radius 3 is 1.64 bits per heavy atom. The van der Waals surface area contributed by atoms with Crippen LogP contribution in [-0.4, -0.2) is 19.1 Å². The van der Waals surface area contributed by atoms with Crippen molar-refractivity contribution in [3.8, 4) is 12.1 Å². The summed E-state index contributed by atoms with van der Waals surface area (Å²) in [5.41, 5.74) is 2.64. The Bertz CT molecular complexity index is 798. The van der Waals surface area contributed by atoms with Crippen LogP contribution in [0, 0.1) is 22.7 Å². The number of nitrogens with zero attached hydrogens (tertiary/aromatic N) is 4. The maximum Gasteiger partial charge on any atom is 0.328 e. The zero-order chi connectivity index (χ0) is 18.2. The van der Waals surface area contributed by atoms with E-state index in [1.807, 2.05) is 13.8 Å². The highest BCUT2D eigenvalue weighted by Crippen LogP contribution is 2.22. The van der Waals surface area contributed by atoms with Gasteiger partial charge in [-0.2, -0.15) is 10.5 Å². The van der Waals surface area contributed by atoms with E-state index < -0.39 is 0 Å². The van der Waals surface area contributed by atoms with Gasteiger partial charge in [0.2, 0.25) is 0 Å². The number of benzene rings is 2. The van der Waals surface area contributed by atoms with Crippen molar-refractivity contribution in [1.29, 1.82) is 10.5 Å². The molecule has 5 nitrogen and oxygen atoms in total. The van der Waals surface area contributed by atoms with Gasteiger partial charge in [0, 0.05) is 24.5 Å². The number of nitriles is 2. The molecule has 126 valence electrons. The minimum Gasteiger partial charge on any atom is -0.294 e. The van der Waals surface area contributed by atoms with E-state index in [-0.39, 0.29) is 6.03 Å².